The van der Waals surface area contributed by atoms with Gasteiger partial charge in [0.05, 0.1) is 11.8 Å². The molecule has 3 nitrogen and oxygen atoms in total. The fraction of sp³-hybridized carbons (Fsp3) is 0.600. The van der Waals surface area contributed by atoms with Crippen LogP contribution in [0, 0.1) is 5.92 Å². The summed E-state index contributed by atoms with van der Waals surface area (Å²) in [6.07, 6.45) is 5.64. The van der Waals surface area contributed by atoms with E-state index in [1.807, 2.05) is 32.0 Å². The average Bonchev–Trinajstić information content (AvgIpc) is 2.82. The molecule has 1 aromatic rings. The van der Waals surface area contributed by atoms with Crippen molar-refractivity contribution in [3.05, 3.63) is 18.2 Å². The lowest BCUT2D eigenvalue weighted by molar-refractivity contribution is 0.244. The molecular formula is C15H24N2O. The number of anilines is 2. The molecule has 1 aromatic carbocycles. The Kier molecular flexibility index (Phi) is 4.34. The maximum absolute atomic E-state index is 5.90. The second-order valence-corrected chi connectivity index (χ2v) is 5.45. The SMILES string of the molecule is CC(C)Oc1cc(NCC2CCCC2)ccc1N. The number of hydrogen-bond donors (Lipinski definition) is 2. The molecule has 100 valence electrons. The molecular weight excluding hydrogens is 224 g/mol. The highest BCUT2D eigenvalue weighted by Crippen LogP contribution is 2.28. The lowest BCUT2D eigenvalue weighted by Gasteiger charge is -2.16. The minimum atomic E-state index is 0.150. The van der Waals surface area contributed by atoms with Gasteiger partial charge in [0, 0.05) is 18.3 Å². The van der Waals surface area contributed by atoms with Crippen molar-refractivity contribution in [3.8, 4) is 5.75 Å². The lowest BCUT2D eigenvalue weighted by atomic mass is 10.1. The van der Waals surface area contributed by atoms with E-state index in [4.69, 9.17) is 10.5 Å². The molecule has 0 bridgehead atoms. The summed E-state index contributed by atoms with van der Waals surface area (Å²) < 4.78 is 5.69. The monoisotopic (exact) mass is 248 g/mol. The van der Waals surface area contributed by atoms with Gasteiger partial charge in [-0.15, -0.1) is 0 Å². The molecule has 1 aliphatic rings. The van der Waals surface area contributed by atoms with Crippen LogP contribution in [-0.2, 0) is 0 Å². The summed E-state index contributed by atoms with van der Waals surface area (Å²) in [5.41, 5.74) is 7.71. The highest BCUT2D eigenvalue weighted by Gasteiger charge is 2.14. The number of rotatable bonds is 5. The van der Waals surface area contributed by atoms with Crippen LogP contribution < -0.4 is 15.8 Å². The fourth-order valence-corrected chi connectivity index (χ4v) is 2.48. The van der Waals surface area contributed by atoms with Crippen LogP contribution >= 0.6 is 0 Å². The number of nitrogens with two attached hydrogens (primary N) is 1. The predicted molar refractivity (Wildman–Crippen MR) is 77.1 cm³/mol. The van der Waals surface area contributed by atoms with Gasteiger partial charge in [0.25, 0.3) is 0 Å². The van der Waals surface area contributed by atoms with Crippen molar-refractivity contribution in [3.63, 3.8) is 0 Å². The maximum atomic E-state index is 5.90. The molecule has 0 amide bonds. The van der Waals surface area contributed by atoms with E-state index in [9.17, 15) is 0 Å². The van der Waals surface area contributed by atoms with Crippen LogP contribution in [0.5, 0.6) is 5.75 Å². The van der Waals surface area contributed by atoms with Gasteiger partial charge < -0.3 is 15.8 Å². The molecule has 0 spiro atoms. The molecule has 1 fully saturated rings. The first-order valence-corrected chi connectivity index (χ1v) is 6.95. The zero-order valence-corrected chi connectivity index (χ0v) is 11.4. The number of benzene rings is 1. The van der Waals surface area contributed by atoms with Crippen molar-refractivity contribution in [1.82, 2.24) is 0 Å². The third kappa shape index (κ3) is 3.56. The number of ether oxygens (including phenoxy) is 1. The summed E-state index contributed by atoms with van der Waals surface area (Å²) in [5.74, 6) is 1.61. The largest absolute Gasteiger partial charge is 0.489 e. The average molecular weight is 248 g/mol. The van der Waals surface area contributed by atoms with Gasteiger partial charge in [0.15, 0.2) is 0 Å². The second-order valence-electron chi connectivity index (χ2n) is 5.45. The first-order chi connectivity index (χ1) is 8.65. The Morgan fingerprint density at radius 3 is 2.72 bits per heavy atom. The van der Waals surface area contributed by atoms with E-state index in [1.165, 1.54) is 25.7 Å². The number of nitrogens with one attached hydrogen (secondary N) is 1. The lowest BCUT2D eigenvalue weighted by Crippen LogP contribution is -2.12. The van der Waals surface area contributed by atoms with Crippen LogP contribution in [-0.4, -0.2) is 12.6 Å². The molecule has 18 heavy (non-hydrogen) atoms. The van der Waals surface area contributed by atoms with Crippen molar-refractivity contribution in [1.29, 1.82) is 0 Å². The first kappa shape index (κ1) is 13.1. The summed E-state index contributed by atoms with van der Waals surface area (Å²) in [5, 5.41) is 3.49. The first-order valence-electron chi connectivity index (χ1n) is 6.95. The molecule has 0 aliphatic heterocycles. The van der Waals surface area contributed by atoms with E-state index in [1.54, 1.807) is 0 Å². The molecule has 3 heteroatoms. The minimum absolute atomic E-state index is 0.150. The van der Waals surface area contributed by atoms with Gasteiger partial charge in [0.2, 0.25) is 0 Å². The molecule has 1 aliphatic carbocycles. The van der Waals surface area contributed by atoms with Gasteiger partial charge in [0.1, 0.15) is 5.75 Å². The minimum Gasteiger partial charge on any atom is -0.489 e. The maximum Gasteiger partial charge on any atom is 0.144 e. The molecule has 2 rings (SSSR count). The Morgan fingerprint density at radius 1 is 1.33 bits per heavy atom. The molecule has 0 atom stereocenters. The van der Waals surface area contributed by atoms with Crippen LogP contribution in [0.25, 0.3) is 0 Å². The van der Waals surface area contributed by atoms with Crippen LogP contribution in [0.4, 0.5) is 11.4 Å². The molecule has 0 heterocycles. The van der Waals surface area contributed by atoms with E-state index in [0.29, 0.717) is 5.69 Å². The highest BCUT2D eigenvalue weighted by molar-refractivity contribution is 5.61. The Morgan fingerprint density at radius 2 is 2.06 bits per heavy atom. The van der Waals surface area contributed by atoms with Gasteiger partial charge in [-0.1, -0.05) is 12.8 Å². The van der Waals surface area contributed by atoms with Crippen molar-refractivity contribution in [2.45, 2.75) is 45.6 Å². The third-order valence-electron chi connectivity index (χ3n) is 3.45. The Balaban J connectivity index is 1.95. The molecule has 0 unspecified atom stereocenters. The zero-order chi connectivity index (χ0) is 13.0. The number of hydrogen-bond acceptors (Lipinski definition) is 3. The van der Waals surface area contributed by atoms with E-state index in [2.05, 4.69) is 5.32 Å². The Bertz CT molecular complexity index is 384. The van der Waals surface area contributed by atoms with Crippen molar-refractivity contribution in [2.75, 3.05) is 17.6 Å². The van der Waals surface area contributed by atoms with Crippen molar-refractivity contribution >= 4 is 11.4 Å². The molecule has 0 radical (unpaired) electrons. The van der Waals surface area contributed by atoms with E-state index >= 15 is 0 Å². The quantitative estimate of drug-likeness (QED) is 0.782. The highest BCUT2D eigenvalue weighted by atomic mass is 16.5. The molecule has 3 N–H and O–H groups in total. The van der Waals surface area contributed by atoms with Gasteiger partial charge in [-0.05, 0) is 44.7 Å². The number of nitrogen functional groups attached to an aromatic ring is 1. The second kappa shape index (κ2) is 5.98. The van der Waals surface area contributed by atoms with E-state index < -0.39 is 0 Å². The van der Waals surface area contributed by atoms with Crippen LogP contribution in [0.3, 0.4) is 0 Å². The standard InChI is InChI=1S/C15H24N2O/c1-11(2)18-15-9-13(7-8-14(15)16)17-10-12-5-3-4-6-12/h7-9,11-12,17H,3-6,10,16H2,1-2H3. The van der Waals surface area contributed by atoms with Crippen molar-refractivity contribution < 1.29 is 4.74 Å². The smallest absolute Gasteiger partial charge is 0.144 e. The molecule has 0 aromatic heterocycles. The predicted octanol–water partition coefficient (Wildman–Crippen LogP) is 3.66. The summed E-state index contributed by atoms with van der Waals surface area (Å²) in [6.45, 7) is 5.08. The van der Waals surface area contributed by atoms with E-state index in [-0.39, 0.29) is 6.10 Å². The summed E-state index contributed by atoms with van der Waals surface area (Å²) in [6, 6.07) is 5.94. The zero-order valence-electron chi connectivity index (χ0n) is 11.4. The van der Waals surface area contributed by atoms with Crippen LogP contribution in [0.2, 0.25) is 0 Å². The van der Waals surface area contributed by atoms with Crippen LogP contribution in [0.1, 0.15) is 39.5 Å². The Labute approximate surface area is 110 Å². The van der Waals surface area contributed by atoms with Gasteiger partial charge >= 0.3 is 0 Å². The van der Waals surface area contributed by atoms with Crippen LogP contribution in [0.15, 0.2) is 18.2 Å². The summed E-state index contributed by atoms with van der Waals surface area (Å²) in [7, 11) is 0. The van der Waals surface area contributed by atoms with Crippen molar-refractivity contribution in [2.24, 2.45) is 5.92 Å². The van der Waals surface area contributed by atoms with Gasteiger partial charge in [-0.25, -0.2) is 0 Å². The normalized spacial score (nSPS) is 16.2. The summed E-state index contributed by atoms with van der Waals surface area (Å²) in [4.78, 5) is 0. The molecule has 1 saturated carbocycles. The summed E-state index contributed by atoms with van der Waals surface area (Å²) >= 11 is 0. The third-order valence-corrected chi connectivity index (χ3v) is 3.45. The molecule has 0 saturated heterocycles. The van der Waals surface area contributed by atoms with Gasteiger partial charge in [-0.3, -0.25) is 0 Å². The fourth-order valence-electron chi connectivity index (χ4n) is 2.48. The Hall–Kier alpha value is -1.38. The van der Waals surface area contributed by atoms with E-state index in [0.717, 1.165) is 23.9 Å². The topological polar surface area (TPSA) is 47.3 Å². The van der Waals surface area contributed by atoms with Gasteiger partial charge in [-0.2, -0.15) is 0 Å².